The predicted octanol–water partition coefficient (Wildman–Crippen LogP) is 2.43. The van der Waals surface area contributed by atoms with Crippen molar-refractivity contribution in [3.63, 3.8) is 0 Å². The van der Waals surface area contributed by atoms with Crippen molar-refractivity contribution in [2.45, 2.75) is 13.0 Å². The van der Waals surface area contributed by atoms with Crippen LogP contribution in [0, 0.1) is 0 Å². The zero-order valence-corrected chi connectivity index (χ0v) is 13.3. The third-order valence-electron chi connectivity index (χ3n) is 3.65. The number of benzene rings is 1. The Morgan fingerprint density at radius 1 is 1.16 bits per heavy atom. The van der Waals surface area contributed by atoms with Crippen LogP contribution < -0.4 is 14.8 Å². The van der Waals surface area contributed by atoms with Gasteiger partial charge in [0.15, 0.2) is 0 Å². The maximum atomic E-state index is 5.51. The summed E-state index contributed by atoms with van der Waals surface area (Å²) >= 11 is 3.50. The first kappa shape index (κ1) is 14.6. The minimum atomic E-state index is 0.319. The summed E-state index contributed by atoms with van der Waals surface area (Å²) < 4.78 is 11.8. The summed E-state index contributed by atoms with van der Waals surface area (Å²) in [6.07, 6.45) is 0. The number of rotatable bonds is 4. The molecule has 1 N–H and O–H groups in total. The molecule has 0 bridgehead atoms. The average molecular weight is 329 g/mol. The van der Waals surface area contributed by atoms with Crippen LogP contribution in [0.2, 0.25) is 0 Å². The summed E-state index contributed by atoms with van der Waals surface area (Å²) in [6, 6.07) is 4.36. The predicted molar refractivity (Wildman–Crippen MR) is 80.1 cm³/mol. The molecular formula is C14H21BrN2O2. The average Bonchev–Trinajstić information content (AvgIpc) is 2.47. The molecule has 1 aromatic carbocycles. The number of halogens is 1. The molecule has 1 heterocycles. The third-order valence-corrected chi connectivity index (χ3v) is 4.27. The van der Waals surface area contributed by atoms with E-state index in [1.165, 1.54) is 5.56 Å². The number of nitrogens with one attached hydrogen (secondary N) is 1. The van der Waals surface area contributed by atoms with Gasteiger partial charge in [0.2, 0.25) is 0 Å². The highest BCUT2D eigenvalue weighted by Crippen LogP contribution is 2.37. The van der Waals surface area contributed by atoms with Gasteiger partial charge in [0.25, 0.3) is 0 Å². The van der Waals surface area contributed by atoms with Gasteiger partial charge in [-0.2, -0.15) is 0 Å². The Morgan fingerprint density at radius 2 is 1.79 bits per heavy atom. The van der Waals surface area contributed by atoms with Gasteiger partial charge >= 0.3 is 0 Å². The van der Waals surface area contributed by atoms with Crippen LogP contribution in [0.15, 0.2) is 16.6 Å². The Morgan fingerprint density at radius 3 is 2.37 bits per heavy atom. The fraction of sp³-hybridized carbons (Fsp3) is 0.571. The van der Waals surface area contributed by atoms with Gasteiger partial charge in [-0.25, -0.2) is 0 Å². The molecule has 0 amide bonds. The van der Waals surface area contributed by atoms with Crippen LogP contribution in [0.25, 0.3) is 0 Å². The Labute approximate surface area is 123 Å². The second-order valence-corrected chi connectivity index (χ2v) is 5.54. The monoisotopic (exact) mass is 328 g/mol. The van der Waals surface area contributed by atoms with E-state index in [4.69, 9.17) is 9.47 Å². The summed E-state index contributed by atoms with van der Waals surface area (Å²) in [5.74, 6) is 1.75. The van der Waals surface area contributed by atoms with Crippen molar-refractivity contribution < 1.29 is 9.47 Å². The van der Waals surface area contributed by atoms with Crippen molar-refractivity contribution in [3.05, 3.63) is 22.2 Å². The lowest BCUT2D eigenvalue weighted by molar-refractivity contribution is 0.182. The SMILES string of the molecule is COc1cc([C@H](C)N2CCNCC2)c(OC)cc1Br. The standard InChI is InChI=1S/C14H21BrN2O2/c1-10(17-6-4-16-5-7-17)11-8-14(19-3)12(15)9-13(11)18-2/h8-10,16H,4-7H2,1-3H3/t10-/m0/s1. The van der Waals surface area contributed by atoms with Crippen molar-refractivity contribution in [2.24, 2.45) is 0 Å². The molecule has 1 saturated heterocycles. The van der Waals surface area contributed by atoms with Crippen LogP contribution in [0.3, 0.4) is 0 Å². The molecule has 1 atom stereocenters. The molecule has 106 valence electrons. The van der Waals surface area contributed by atoms with Crippen molar-refractivity contribution >= 4 is 15.9 Å². The van der Waals surface area contributed by atoms with E-state index in [9.17, 15) is 0 Å². The van der Waals surface area contributed by atoms with E-state index in [1.807, 2.05) is 6.07 Å². The summed E-state index contributed by atoms with van der Waals surface area (Å²) in [4.78, 5) is 2.46. The van der Waals surface area contributed by atoms with E-state index < -0.39 is 0 Å². The number of hydrogen-bond donors (Lipinski definition) is 1. The molecular weight excluding hydrogens is 308 g/mol. The third kappa shape index (κ3) is 3.22. The quantitative estimate of drug-likeness (QED) is 0.920. The van der Waals surface area contributed by atoms with E-state index in [1.54, 1.807) is 14.2 Å². The first-order valence-electron chi connectivity index (χ1n) is 6.53. The van der Waals surface area contributed by atoms with Gasteiger partial charge in [-0.1, -0.05) is 0 Å². The van der Waals surface area contributed by atoms with Gasteiger partial charge in [-0.3, -0.25) is 4.90 Å². The molecule has 0 aromatic heterocycles. The first-order valence-corrected chi connectivity index (χ1v) is 7.33. The highest BCUT2D eigenvalue weighted by Gasteiger charge is 2.22. The van der Waals surface area contributed by atoms with Crippen LogP contribution in [0.1, 0.15) is 18.5 Å². The molecule has 19 heavy (non-hydrogen) atoms. The van der Waals surface area contributed by atoms with Gasteiger partial charge in [-0.05, 0) is 35.0 Å². The van der Waals surface area contributed by atoms with Crippen molar-refractivity contribution in [1.82, 2.24) is 10.2 Å². The molecule has 5 heteroatoms. The van der Waals surface area contributed by atoms with E-state index in [0.29, 0.717) is 6.04 Å². The highest BCUT2D eigenvalue weighted by molar-refractivity contribution is 9.10. The largest absolute Gasteiger partial charge is 0.496 e. The zero-order valence-electron chi connectivity index (χ0n) is 11.7. The minimum absolute atomic E-state index is 0.319. The maximum absolute atomic E-state index is 5.51. The number of piperazine rings is 1. The zero-order chi connectivity index (χ0) is 13.8. The smallest absolute Gasteiger partial charge is 0.133 e. The molecule has 1 aliphatic rings. The number of hydrogen-bond acceptors (Lipinski definition) is 4. The van der Waals surface area contributed by atoms with Gasteiger partial charge in [-0.15, -0.1) is 0 Å². The lowest BCUT2D eigenvalue weighted by Crippen LogP contribution is -2.44. The molecule has 1 aliphatic heterocycles. The van der Waals surface area contributed by atoms with Gasteiger partial charge in [0.1, 0.15) is 11.5 Å². The molecule has 0 aliphatic carbocycles. The van der Waals surface area contributed by atoms with Gasteiger partial charge < -0.3 is 14.8 Å². The Balaban J connectivity index is 2.30. The van der Waals surface area contributed by atoms with E-state index in [-0.39, 0.29) is 0 Å². The molecule has 2 rings (SSSR count). The summed E-state index contributed by atoms with van der Waals surface area (Å²) in [5, 5.41) is 3.38. The molecule has 0 spiro atoms. The van der Waals surface area contributed by atoms with Crippen LogP contribution in [-0.4, -0.2) is 45.3 Å². The molecule has 0 saturated carbocycles. The maximum Gasteiger partial charge on any atom is 0.133 e. The summed E-state index contributed by atoms with van der Waals surface area (Å²) in [7, 11) is 3.40. The molecule has 0 radical (unpaired) electrons. The molecule has 1 fully saturated rings. The van der Waals surface area contributed by atoms with Crippen LogP contribution in [0.4, 0.5) is 0 Å². The van der Waals surface area contributed by atoms with Crippen molar-refractivity contribution in [2.75, 3.05) is 40.4 Å². The van der Waals surface area contributed by atoms with Gasteiger partial charge in [0, 0.05) is 37.8 Å². The highest BCUT2D eigenvalue weighted by atomic mass is 79.9. The van der Waals surface area contributed by atoms with Crippen LogP contribution in [0.5, 0.6) is 11.5 Å². The topological polar surface area (TPSA) is 33.7 Å². The number of ether oxygens (including phenoxy) is 2. The number of nitrogens with zero attached hydrogens (tertiary/aromatic N) is 1. The molecule has 0 unspecified atom stereocenters. The lowest BCUT2D eigenvalue weighted by atomic mass is 10.0. The van der Waals surface area contributed by atoms with E-state index >= 15 is 0 Å². The summed E-state index contributed by atoms with van der Waals surface area (Å²) in [5.41, 5.74) is 1.17. The van der Waals surface area contributed by atoms with E-state index in [2.05, 4.69) is 39.1 Å². The molecule has 4 nitrogen and oxygen atoms in total. The van der Waals surface area contributed by atoms with E-state index in [0.717, 1.165) is 42.2 Å². The normalized spacial score (nSPS) is 18.1. The Bertz CT molecular complexity index is 434. The fourth-order valence-electron chi connectivity index (χ4n) is 2.48. The lowest BCUT2D eigenvalue weighted by Gasteiger charge is -2.33. The van der Waals surface area contributed by atoms with Crippen molar-refractivity contribution in [1.29, 1.82) is 0 Å². The second-order valence-electron chi connectivity index (χ2n) is 4.69. The fourth-order valence-corrected chi connectivity index (χ4v) is 2.96. The minimum Gasteiger partial charge on any atom is -0.496 e. The first-order chi connectivity index (χ1) is 9.17. The Kier molecular flexibility index (Phi) is 5.07. The number of methoxy groups -OCH3 is 2. The van der Waals surface area contributed by atoms with Crippen LogP contribution >= 0.6 is 15.9 Å². The Hall–Kier alpha value is -0.780. The van der Waals surface area contributed by atoms with Gasteiger partial charge in [0.05, 0.1) is 18.7 Å². The van der Waals surface area contributed by atoms with Crippen molar-refractivity contribution in [3.8, 4) is 11.5 Å². The second kappa shape index (κ2) is 6.59. The summed E-state index contributed by atoms with van der Waals surface area (Å²) in [6.45, 7) is 6.42. The van der Waals surface area contributed by atoms with Crippen LogP contribution in [-0.2, 0) is 0 Å². The molecule has 1 aromatic rings.